The van der Waals surface area contributed by atoms with Crippen molar-refractivity contribution in [2.45, 2.75) is 26.4 Å². The molecule has 1 aromatic heterocycles. The van der Waals surface area contributed by atoms with E-state index in [1.165, 1.54) is 16.9 Å². The summed E-state index contributed by atoms with van der Waals surface area (Å²) >= 11 is 1.50. The molecule has 0 radical (unpaired) electrons. The predicted molar refractivity (Wildman–Crippen MR) is 118 cm³/mol. The fraction of sp³-hybridized carbons (Fsp3) is 0.304. The van der Waals surface area contributed by atoms with Crippen molar-refractivity contribution in [1.82, 2.24) is 10.3 Å². The van der Waals surface area contributed by atoms with Gasteiger partial charge in [0.15, 0.2) is 11.5 Å². The molecule has 30 heavy (non-hydrogen) atoms. The van der Waals surface area contributed by atoms with E-state index >= 15 is 0 Å². The first kappa shape index (κ1) is 21.6. The second-order valence-corrected chi connectivity index (χ2v) is 7.74. The van der Waals surface area contributed by atoms with E-state index in [1.807, 2.05) is 54.8 Å². The average molecular weight is 427 g/mol. The van der Waals surface area contributed by atoms with Gasteiger partial charge in [-0.2, -0.15) is 0 Å². The van der Waals surface area contributed by atoms with Crippen LogP contribution in [0.2, 0.25) is 0 Å². The summed E-state index contributed by atoms with van der Waals surface area (Å²) in [6.45, 7) is 2.98. The Kier molecular flexibility index (Phi) is 7.68. The third kappa shape index (κ3) is 6.22. The third-order valence-electron chi connectivity index (χ3n) is 4.51. The molecule has 1 heterocycles. The van der Waals surface area contributed by atoms with Crippen molar-refractivity contribution in [2.75, 3.05) is 20.8 Å². The van der Waals surface area contributed by atoms with Crippen molar-refractivity contribution in [2.24, 2.45) is 0 Å². The van der Waals surface area contributed by atoms with Crippen LogP contribution in [-0.4, -0.2) is 31.7 Å². The molecule has 3 rings (SSSR count). The molecule has 1 amide bonds. The Balaban J connectivity index is 1.42. The van der Waals surface area contributed by atoms with E-state index in [0.29, 0.717) is 31.1 Å². The lowest BCUT2D eigenvalue weighted by Gasteiger charge is -2.10. The van der Waals surface area contributed by atoms with Crippen molar-refractivity contribution >= 4 is 17.2 Å². The number of thiazole rings is 1. The van der Waals surface area contributed by atoms with Crippen molar-refractivity contribution in [1.29, 1.82) is 0 Å². The molecule has 0 saturated heterocycles. The zero-order valence-electron chi connectivity index (χ0n) is 17.4. The number of aromatic nitrogens is 1. The molecule has 2 aromatic carbocycles. The molecule has 0 bridgehead atoms. The van der Waals surface area contributed by atoms with Gasteiger partial charge < -0.3 is 19.5 Å². The van der Waals surface area contributed by atoms with Crippen molar-refractivity contribution in [3.8, 4) is 17.2 Å². The van der Waals surface area contributed by atoms with Gasteiger partial charge in [-0.1, -0.05) is 23.8 Å². The van der Waals surface area contributed by atoms with E-state index in [-0.39, 0.29) is 12.3 Å². The van der Waals surface area contributed by atoms with Gasteiger partial charge in [0, 0.05) is 11.9 Å². The first-order valence-corrected chi connectivity index (χ1v) is 10.6. The number of nitrogens with zero attached hydrogens (tertiary/aromatic N) is 1. The maximum atomic E-state index is 12.2. The van der Waals surface area contributed by atoms with Crippen molar-refractivity contribution in [3.05, 3.63) is 69.7 Å². The fourth-order valence-electron chi connectivity index (χ4n) is 2.89. The molecule has 0 saturated carbocycles. The highest BCUT2D eigenvalue weighted by atomic mass is 32.1. The topological polar surface area (TPSA) is 69.7 Å². The quantitative estimate of drug-likeness (QED) is 0.532. The fourth-order valence-corrected chi connectivity index (χ4v) is 3.59. The van der Waals surface area contributed by atoms with Crippen LogP contribution in [0.25, 0.3) is 0 Å². The summed E-state index contributed by atoms with van der Waals surface area (Å²) in [4.78, 5) is 16.7. The monoisotopic (exact) mass is 426 g/mol. The number of methoxy groups -OCH3 is 2. The summed E-state index contributed by atoms with van der Waals surface area (Å²) in [5.41, 5.74) is 3.01. The highest BCUT2D eigenvalue weighted by Gasteiger charge is 2.09. The Bertz CT molecular complexity index is 970. The molecule has 0 aliphatic carbocycles. The van der Waals surface area contributed by atoms with Crippen LogP contribution in [0.1, 0.15) is 21.8 Å². The molecule has 7 heteroatoms. The Morgan fingerprint density at radius 2 is 1.83 bits per heavy atom. The highest BCUT2D eigenvalue weighted by molar-refractivity contribution is 7.09. The molecular weight excluding hydrogens is 400 g/mol. The zero-order valence-corrected chi connectivity index (χ0v) is 18.3. The summed E-state index contributed by atoms with van der Waals surface area (Å²) in [5.74, 6) is 2.14. The highest BCUT2D eigenvalue weighted by Crippen LogP contribution is 2.27. The van der Waals surface area contributed by atoms with Crippen LogP contribution < -0.4 is 19.5 Å². The number of benzene rings is 2. The molecule has 0 atom stereocenters. The standard InChI is InChI=1S/C23H26N2O4S/c1-16-4-7-19(8-5-16)29-14-23-25-18(15-30-23)13-22(26)24-11-10-17-6-9-20(27-2)21(12-17)28-3/h4-9,12,15H,10-11,13-14H2,1-3H3,(H,24,26). The molecule has 0 aliphatic heterocycles. The maximum absolute atomic E-state index is 12.2. The number of carbonyl (C=O) groups is 1. The van der Waals surface area contributed by atoms with Gasteiger partial charge in [-0.3, -0.25) is 4.79 Å². The maximum Gasteiger partial charge on any atom is 0.226 e. The van der Waals surface area contributed by atoms with E-state index in [1.54, 1.807) is 14.2 Å². The number of hydrogen-bond donors (Lipinski definition) is 1. The Labute approximate surface area is 180 Å². The lowest BCUT2D eigenvalue weighted by atomic mass is 10.1. The molecule has 0 spiro atoms. The van der Waals surface area contributed by atoms with Crippen LogP contribution in [-0.2, 0) is 24.2 Å². The minimum absolute atomic E-state index is 0.0493. The number of nitrogens with one attached hydrogen (secondary N) is 1. The van der Waals surface area contributed by atoms with Crippen LogP contribution in [0, 0.1) is 6.92 Å². The second kappa shape index (κ2) is 10.6. The van der Waals surface area contributed by atoms with Gasteiger partial charge in [-0.25, -0.2) is 4.98 Å². The molecule has 158 valence electrons. The van der Waals surface area contributed by atoms with Gasteiger partial charge in [0.2, 0.25) is 5.91 Å². The molecular formula is C23H26N2O4S. The minimum atomic E-state index is -0.0493. The normalized spacial score (nSPS) is 10.5. The van der Waals surface area contributed by atoms with E-state index < -0.39 is 0 Å². The first-order chi connectivity index (χ1) is 14.6. The third-order valence-corrected chi connectivity index (χ3v) is 5.38. The summed E-state index contributed by atoms with van der Waals surface area (Å²) in [5, 5.41) is 5.70. The summed E-state index contributed by atoms with van der Waals surface area (Å²) in [6, 6.07) is 13.7. The van der Waals surface area contributed by atoms with E-state index in [4.69, 9.17) is 14.2 Å². The van der Waals surface area contributed by atoms with Crippen molar-refractivity contribution < 1.29 is 19.0 Å². The Hall–Kier alpha value is -3.06. The number of hydrogen-bond acceptors (Lipinski definition) is 6. The predicted octanol–water partition coefficient (Wildman–Crippen LogP) is 3.95. The van der Waals surface area contributed by atoms with Gasteiger partial charge in [-0.05, 0) is 43.2 Å². The second-order valence-electron chi connectivity index (χ2n) is 6.80. The van der Waals surface area contributed by atoms with E-state index in [0.717, 1.165) is 22.0 Å². The van der Waals surface area contributed by atoms with Gasteiger partial charge >= 0.3 is 0 Å². The average Bonchev–Trinajstić information content (AvgIpc) is 3.20. The Morgan fingerprint density at radius 3 is 2.57 bits per heavy atom. The van der Waals surface area contributed by atoms with E-state index in [2.05, 4.69) is 10.3 Å². The molecule has 1 N–H and O–H groups in total. The van der Waals surface area contributed by atoms with Gasteiger partial charge in [0.25, 0.3) is 0 Å². The van der Waals surface area contributed by atoms with Crippen LogP contribution in [0.5, 0.6) is 17.2 Å². The van der Waals surface area contributed by atoms with Crippen LogP contribution >= 0.6 is 11.3 Å². The summed E-state index contributed by atoms with van der Waals surface area (Å²) in [7, 11) is 3.22. The smallest absolute Gasteiger partial charge is 0.226 e. The largest absolute Gasteiger partial charge is 0.493 e. The molecule has 3 aromatic rings. The number of carbonyl (C=O) groups excluding carboxylic acids is 1. The SMILES string of the molecule is COc1ccc(CCNC(=O)Cc2csc(COc3ccc(C)cc3)n2)cc1OC. The van der Waals surface area contributed by atoms with Crippen LogP contribution in [0.4, 0.5) is 0 Å². The van der Waals surface area contributed by atoms with E-state index in [9.17, 15) is 4.79 Å². The first-order valence-electron chi connectivity index (χ1n) is 9.67. The van der Waals surface area contributed by atoms with Crippen LogP contribution in [0.15, 0.2) is 47.8 Å². The van der Waals surface area contributed by atoms with Gasteiger partial charge in [-0.15, -0.1) is 11.3 Å². The number of rotatable bonds is 10. The summed E-state index contributed by atoms with van der Waals surface area (Å²) < 4.78 is 16.3. The molecule has 6 nitrogen and oxygen atoms in total. The van der Waals surface area contributed by atoms with Crippen LogP contribution in [0.3, 0.4) is 0 Å². The zero-order chi connectivity index (χ0) is 21.3. The molecule has 0 unspecified atom stereocenters. The van der Waals surface area contributed by atoms with Crippen molar-refractivity contribution in [3.63, 3.8) is 0 Å². The summed E-state index contributed by atoms with van der Waals surface area (Å²) in [6.07, 6.45) is 0.964. The lowest BCUT2D eigenvalue weighted by molar-refractivity contribution is -0.120. The minimum Gasteiger partial charge on any atom is -0.493 e. The van der Waals surface area contributed by atoms with Gasteiger partial charge in [0.1, 0.15) is 17.4 Å². The van der Waals surface area contributed by atoms with Gasteiger partial charge in [0.05, 0.1) is 26.3 Å². The lowest BCUT2D eigenvalue weighted by Crippen LogP contribution is -2.27. The molecule has 0 aliphatic rings. The molecule has 0 fully saturated rings. The number of amides is 1. The number of aryl methyl sites for hydroxylation is 1. The number of ether oxygens (including phenoxy) is 3. The Morgan fingerprint density at radius 1 is 1.07 bits per heavy atom.